The molecule has 0 bridgehead atoms. The summed E-state index contributed by atoms with van der Waals surface area (Å²) in [5.41, 5.74) is 0. The maximum atomic E-state index is 12.3. The van der Waals surface area contributed by atoms with Crippen molar-refractivity contribution in [2.75, 3.05) is 18.7 Å². The first-order valence-electron chi connectivity index (χ1n) is 6.12. The number of benzene rings is 1. The van der Waals surface area contributed by atoms with Crippen LogP contribution in [0, 0.1) is 0 Å². The molecule has 0 radical (unpaired) electrons. The number of rotatable bonds is 3. The maximum Gasteiger partial charge on any atom is 0.416 e. The number of alkyl halides is 3. The minimum absolute atomic E-state index is 0.106. The number of aliphatic hydroxyl groups is 1. The first kappa shape index (κ1) is 13.7. The number of anilines is 1. The Labute approximate surface area is 117 Å². The van der Waals surface area contributed by atoms with Crippen LogP contribution in [-0.4, -0.2) is 35.7 Å². The van der Waals surface area contributed by atoms with Crippen molar-refractivity contribution < 1.29 is 27.8 Å². The van der Waals surface area contributed by atoms with E-state index < -0.39 is 18.8 Å². The van der Waals surface area contributed by atoms with Gasteiger partial charge in [-0.15, -0.1) is 0 Å². The van der Waals surface area contributed by atoms with Crippen molar-refractivity contribution in [2.45, 2.75) is 12.3 Å². The Hall–Kier alpha value is -2.22. The zero-order chi connectivity index (χ0) is 15.0. The van der Waals surface area contributed by atoms with Gasteiger partial charge in [-0.3, -0.25) is 0 Å². The second-order valence-electron chi connectivity index (χ2n) is 4.52. The number of aliphatic hydroxyl groups excluding tert-OH is 1. The first-order valence-corrected chi connectivity index (χ1v) is 6.12. The molecule has 3 rings (SSSR count). The van der Waals surface area contributed by atoms with Gasteiger partial charge in [-0.2, -0.15) is 13.2 Å². The zero-order valence-electron chi connectivity index (χ0n) is 10.6. The third-order valence-corrected chi connectivity index (χ3v) is 3.10. The Kier molecular flexibility index (Phi) is 3.25. The number of nitrogens with one attached hydrogen (secondary N) is 1. The minimum Gasteiger partial charge on any atom is -0.454 e. The van der Waals surface area contributed by atoms with Gasteiger partial charge in [-0.25, -0.2) is 4.98 Å². The highest BCUT2D eigenvalue weighted by Gasteiger charge is 2.38. The molecule has 1 aromatic carbocycles. The summed E-state index contributed by atoms with van der Waals surface area (Å²) < 4.78 is 47.4. The summed E-state index contributed by atoms with van der Waals surface area (Å²) in [6, 6.07) is 5.08. The number of halogens is 3. The van der Waals surface area contributed by atoms with Gasteiger partial charge in [0.15, 0.2) is 17.6 Å². The lowest BCUT2D eigenvalue weighted by Crippen LogP contribution is -2.35. The molecule has 2 N–H and O–H groups in total. The fourth-order valence-corrected chi connectivity index (χ4v) is 2.01. The molecule has 0 saturated heterocycles. The molecule has 1 aliphatic rings. The van der Waals surface area contributed by atoms with E-state index in [-0.39, 0.29) is 12.6 Å². The van der Waals surface area contributed by atoms with Crippen molar-refractivity contribution >= 4 is 16.6 Å². The molecular formula is C13H11F3N2O3. The molecule has 2 heterocycles. The van der Waals surface area contributed by atoms with Crippen molar-refractivity contribution in [3.05, 3.63) is 24.4 Å². The summed E-state index contributed by atoms with van der Waals surface area (Å²) in [5.74, 6) is 1.33. The molecule has 1 unspecified atom stereocenters. The molecule has 2 aromatic rings. The number of hydrogen-bond donors (Lipinski definition) is 2. The summed E-state index contributed by atoms with van der Waals surface area (Å²) in [6.45, 7) is -0.571. The van der Waals surface area contributed by atoms with Gasteiger partial charge < -0.3 is 19.9 Å². The quantitative estimate of drug-likeness (QED) is 0.910. The van der Waals surface area contributed by atoms with Crippen molar-refractivity contribution in [1.29, 1.82) is 0 Å². The summed E-state index contributed by atoms with van der Waals surface area (Å²) in [6.07, 6.45) is -5.66. The fraction of sp³-hybridized carbons (Fsp3) is 0.308. The van der Waals surface area contributed by atoms with E-state index in [4.69, 9.17) is 14.6 Å². The molecule has 1 atom stereocenters. The SMILES string of the molecule is OC(CNc1nccc2cc3c(cc12)OCO3)C(F)(F)F. The van der Waals surface area contributed by atoms with Gasteiger partial charge in [0.2, 0.25) is 6.79 Å². The number of aromatic nitrogens is 1. The van der Waals surface area contributed by atoms with E-state index >= 15 is 0 Å². The van der Waals surface area contributed by atoms with E-state index in [9.17, 15) is 13.2 Å². The highest BCUT2D eigenvalue weighted by Crippen LogP contribution is 2.37. The van der Waals surface area contributed by atoms with Gasteiger partial charge in [0.25, 0.3) is 0 Å². The molecule has 8 heteroatoms. The second-order valence-corrected chi connectivity index (χ2v) is 4.52. The normalized spacial score (nSPS) is 15.2. The van der Waals surface area contributed by atoms with Crippen LogP contribution >= 0.6 is 0 Å². The molecule has 5 nitrogen and oxygen atoms in total. The van der Waals surface area contributed by atoms with Gasteiger partial charge in [-0.1, -0.05) is 0 Å². The van der Waals surface area contributed by atoms with Crippen LogP contribution in [0.2, 0.25) is 0 Å². The summed E-state index contributed by atoms with van der Waals surface area (Å²) in [4.78, 5) is 4.00. The predicted molar refractivity (Wildman–Crippen MR) is 68.4 cm³/mol. The standard InChI is InChI=1S/C13H11F3N2O3/c14-13(15,16)11(19)5-18-12-8-4-10-9(20-6-21-10)3-7(8)1-2-17-12/h1-4,11,19H,5-6H2,(H,17,18). The Morgan fingerprint density at radius 1 is 1.29 bits per heavy atom. The van der Waals surface area contributed by atoms with E-state index in [1.54, 1.807) is 18.2 Å². The number of nitrogens with zero attached hydrogens (tertiary/aromatic N) is 1. The topological polar surface area (TPSA) is 63.6 Å². The van der Waals surface area contributed by atoms with Gasteiger partial charge in [0, 0.05) is 11.6 Å². The average Bonchev–Trinajstić information content (AvgIpc) is 2.88. The van der Waals surface area contributed by atoms with Crippen LogP contribution < -0.4 is 14.8 Å². The zero-order valence-corrected chi connectivity index (χ0v) is 10.6. The van der Waals surface area contributed by atoms with Crippen molar-refractivity contribution in [2.24, 2.45) is 0 Å². The Bertz CT molecular complexity index is 675. The third kappa shape index (κ3) is 2.66. The molecular weight excluding hydrogens is 289 g/mol. The average molecular weight is 300 g/mol. The summed E-state index contributed by atoms with van der Waals surface area (Å²) in [7, 11) is 0. The van der Waals surface area contributed by atoms with E-state index in [0.717, 1.165) is 5.39 Å². The number of pyridine rings is 1. The highest BCUT2D eigenvalue weighted by atomic mass is 19.4. The summed E-state index contributed by atoms with van der Waals surface area (Å²) in [5, 5.41) is 12.9. The van der Waals surface area contributed by atoms with Gasteiger partial charge in [0.05, 0.1) is 6.54 Å². The highest BCUT2D eigenvalue weighted by molar-refractivity contribution is 5.94. The Balaban J connectivity index is 1.89. The van der Waals surface area contributed by atoms with Gasteiger partial charge in [0.1, 0.15) is 5.82 Å². The molecule has 21 heavy (non-hydrogen) atoms. The number of hydrogen-bond acceptors (Lipinski definition) is 5. The molecule has 1 aliphatic heterocycles. The lowest BCUT2D eigenvalue weighted by molar-refractivity contribution is -0.198. The van der Waals surface area contributed by atoms with Gasteiger partial charge >= 0.3 is 6.18 Å². The van der Waals surface area contributed by atoms with Crippen LogP contribution in [0.4, 0.5) is 19.0 Å². The lowest BCUT2D eigenvalue weighted by Gasteiger charge is -2.16. The second kappa shape index (κ2) is 4.96. The smallest absolute Gasteiger partial charge is 0.416 e. The van der Waals surface area contributed by atoms with E-state index in [1.165, 1.54) is 6.20 Å². The predicted octanol–water partition coefficient (Wildman–Crippen LogP) is 2.30. The molecule has 0 aliphatic carbocycles. The van der Waals surface area contributed by atoms with Crippen LogP contribution in [-0.2, 0) is 0 Å². The maximum absolute atomic E-state index is 12.3. The number of fused-ring (bicyclic) bond motifs is 2. The third-order valence-electron chi connectivity index (χ3n) is 3.10. The molecule has 0 saturated carbocycles. The molecule has 1 aromatic heterocycles. The first-order chi connectivity index (χ1) is 9.95. The lowest BCUT2D eigenvalue weighted by atomic mass is 10.1. The Morgan fingerprint density at radius 2 is 2.00 bits per heavy atom. The summed E-state index contributed by atoms with van der Waals surface area (Å²) >= 11 is 0. The molecule has 0 fully saturated rings. The van der Waals surface area contributed by atoms with Crippen LogP contribution in [0.5, 0.6) is 11.5 Å². The Morgan fingerprint density at radius 3 is 2.71 bits per heavy atom. The monoisotopic (exact) mass is 300 g/mol. The molecule has 0 spiro atoms. The van der Waals surface area contributed by atoms with E-state index in [2.05, 4.69) is 10.3 Å². The van der Waals surface area contributed by atoms with Crippen molar-refractivity contribution in [3.8, 4) is 11.5 Å². The molecule has 112 valence electrons. The van der Waals surface area contributed by atoms with Crippen LogP contribution in [0.3, 0.4) is 0 Å². The van der Waals surface area contributed by atoms with E-state index in [0.29, 0.717) is 16.9 Å². The number of ether oxygens (including phenoxy) is 2. The van der Waals surface area contributed by atoms with Crippen molar-refractivity contribution in [1.82, 2.24) is 4.98 Å². The van der Waals surface area contributed by atoms with Crippen LogP contribution in [0.1, 0.15) is 0 Å². The van der Waals surface area contributed by atoms with E-state index in [1.807, 2.05) is 0 Å². The minimum atomic E-state index is -4.67. The van der Waals surface area contributed by atoms with Crippen molar-refractivity contribution in [3.63, 3.8) is 0 Å². The fourth-order valence-electron chi connectivity index (χ4n) is 2.01. The molecule has 0 amide bonds. The van der Waals surface area contributed by atoms with Crippen LogP contribution in [0.25, 0.3) is 10.8 Å². The largest absolute Gasteiger partial charge is 0.454 e. The van der Waals surface area contributed by atoms with Crippen LogP contribution in [0.15, 0.2) is 24.4 Å². The van der Waals surface area contributed by atoms with Gasteiger partial charge in [-0.05, 0) is 23.6 Å².